The summed E-state index contributed by atoms with van der Waals surface area (Å²) in [5.74, 6) is 0.237. The number of hydrogen-bond acceptors (Lipinski definition) is 2. The maximum Gasteiger partial charge on any atom is 0.246 e. The maximum atomic E-state index is 13.3. The van der Waals surface area contributed by atoms with Gasteiger partial charge in [0.05, 0.1) is 12.5 Å². The molecule has 1 aromatic carbocycles. The molecule has 25 heavy (non-hydrogen) atoms. The van der Waals surface area contributed by atoms with Gasteiger partial charge in [-0.25, -0.2) is 0 Å². The molecule has 0 bridgehead atoms. The molecule has 4 rings (SSSR count). The molecular formula is C21H28N2O2. The number of hydrogen-bond donors (Lipinski definition) is 1. The molecule has 1 aromatic rings. The highest BCUT2D eigenvalue weighted by Gasteiger charge is 2.55. The molecular weight excluding hydrogens is 312 g/mol. The average molecular weight is 340 g/mol. The van der Waals surface area contributed by atoms with E-state index in [9.17, 15) is 9.59 Å². The SMILES string of the molecule is O=C1CC(c2ccccc2)N1C1(C(=O)NC2CCCCC2)CCCC1. The quantitative estimate of drug-likeness (QED) is 0.849. The van der Waals surface area contributed by atoms with Crippen molar-refractivity contribution in [2.24, 2.45) is 0 Å². The lowest BCUT2D eigenvalue weighted by molar-refractivity contribution is -0.165. The van der Waals surface area contributed by atoms with Crippen molar-refractivity contribution in [1.29, 1.82) is 0 Å². The van der Waals surface area contributed by atoms with Crippen molar-refractivity contribution in [3.8, 4) is 0 Å². The first kappa shape index (κ1) is 16.6. The highest BCUT2D eigenvalue weighted by atomic mass is 16.2. The van der Waals surface area contributed by atoms with Gasteiger partial charge in [0.15, 0.2) is 0 Å². The lowest BCUT2D eigenvalue weighted by Crippen LogP contribution is -2.66. The third-order valence-electron chi connectivity index (χ3n) is 6.39. The molecule has 4 heteroatoms. The lowest BCUT2D eigenvalue weighted by atomic mass is 9.82. The molecule has 1 aliphatic heterocycles. The Bertz CT molecular complexity index is 631. The summed E-state index contributed by atoms with van der Waals surface area (Å²) in [4.78, 5) is 27.8. The fourth-order valence-electron chi connectivity index (χ4n) is 5.00. The van der Waals surface area contributed by atoms with E-state index in [2.05, 4.69) is 17.4 Å². The minimum atomic E-state index is -0.618. The summed E-state index contributed by atoms with van der Waals surface area (Å²) in [6.45, 7) is 0. The first-order chi connectivity index (χ1) is 12.2. The summed E-state index contributed by atoms with van der Waals surface area (Å²) in [5.41, 5.74) is 0.534. The van der Waals surface area contributed by atoms with Crippen molar-refractivity contribution in [3.05, 3.63) is 35.9 Å². The van der Waals surface area contributed by atoms with Crippen LogP contribution in [0.2, 0.25) is 0 Å². The molecule has 0 spiro atoms. The van der Waals surface area contributed by atoms with Crippen LogP contribution in [0.3, 0.4) is 0 Å². The largest absolute Gasteiger partial charge is 0.351 e. The van der Waals surface area contributed by atoms with Gasteiger partial charge in [0.25, 0.3) is 0 Å². The fourth-order valence-corrected chi connectivity index (χ4v) is 5.00. The number of carbonyl (C=O) groups is 2. The zero-order valence-electron chi connectivity index (χ0n) is 14.9. The molecule has 2 amide bonds. The van der Waals surface area contributed by atoms with Gasteiger partial charge < -0.3 is 10.2 Å². The molecule has 0 radical (unpaired) electrons. The predicted octanol–water partition coefficient (Wildman–Crippen LogP) is 3.72. The minimum Gasteiger partial charge on any atom is -0.351 e. The van der Waals surface area contributed by atoms with Gasteiger partial charge in [0.2, 0.25) is 11.8 Å². The Morgan fingerprint density at radius 3 is 2.32 bits per heavy atom. The minimum absolute atomic E-state index is 0.0592. The number of nitrogens with zero attached hydrogens (tertiary/aromatic N) is 1. The molecule has 4 nitrogen and oxygen atoms in total. The van der Waals surface area contributed by atoms with Crippen LogP contribution in [0, 0.1) is 0 Å². The van der Waals surface area contributed by atoms with Crippen molar-refractivity contribution in [2.75, 3.05) is 0 Å². The van der Waals surface area contributed by atoms with Crippen LogP contribution in [0.5, 0.6) is 0 Å². The maximum absolute atomic E-state index is 13.3. The van der Waals surface area contributed by atoms with Crippen molar-refractivity contribution in [2.45, 2.75) is 81.8 Å². The number of benzene rings is 1. The van der Waals surface area contributed by atoms with Crippen LogP contribution in [0.4, 0.5) is 0 Å². The molecule has 2 aliphatic carbocycles. The number of likely N-dealkylation sites (tertiary alicyclic amines) is 1. The second-order valence-electron chi connectivity index (χ2n) is 7.94. The Kier molecular flexibility index (Phi) is 4.53. The Labute approximate surface area is 150 Å². The van der Waals surface area contributed by atoms with E-state index in [1.165, 1.54) is 19.3 Å². The van der Waals surface area contributed by atoms with Crippen LogP contribution >= 0.6 is 0 Å². The second kappa shape index (κ2) is 6.81. The van der Waals surface area contributed by atoms with Gasteiger partial charge in [-0.15, -0.1) is 0 Å². The molecule has 1 atom stereocenters. The van der Waals surface area contributed by atoms with Crippen LogP contribution in [0.1, 0.15) is 75.8 Å². The number of β-lactam (4-membered cyclic amide) rings is 1. The van der Waals surface area contributed by atoms with E-state index in [1.807, 2.05) is 23.1 Å². The number of nitrogens with one attached hydrogen (secondary N) is 1. The first-order valence-electron chi connectivity index (χ1n) is 9.89. The topological polar surface area (TPSA) is 49.4 Å². The lowest BCUT2D eigenvalue weighted by Gasteiger charge is -2.51. The Hall–Kier alpha value is -1.84. The van der Waals surface area contributed by atoms with Crippen LogP contribution in [0.25, 0.3) is 0 Å². The summed E-state index contributed by atoms with van der Waals surface area (Å²) in [6.07, 6.45) is 10.0. The predicted molar refractivity (Wildman–Crippen MR) is 96.9 cm³/mol. The van der Waals surface area contributed by atoms with Crippen molar-refractivity contribution < 1.29 is 9.59 Å². The summed E-state index contributed by atoms with van der Waals surface area (Å²) < 4.78 is 0. The molecule has 1 unspecified atom stereocenters. The highest BCUT2D eigenvalue weighted by molar-refractivity contribution is 5.95. The van der Waals surface area contributed by atoms with E-state index in [-0.39, 0.29) is 17.9 Å². The smallest absolute Gasteiger partial charge is 0.246 e. The molecule has 134 valence electrons. The van der Waals surface area contributed by atoms with E-state index < -0.39 is 5.54 Å². The number of amides is 2. The monoisotopic (exact) mass is 340 g/mol. The van der Waals surface area contributed by atoms with Gasteiger partial charge in [-0.3, -0.25) is 9.59 Å². The Balaban J connectivity index is 1.56. The molecule has 3 aliphatic rings. The first-order valence-corrected chi connectivity index (χ1v) is 9.89. The third-order valence-corrected chi connectivity index (χ3v) is 6.39. The molecule has 1 N–H and O–H groups in total. The van der Waals surface area contributed by atoms with Crippen molar-refractivity contribution in [3.63, 3.8) is 0 Å². The third kappa shape index (κ3) is 2.96. The fraction of sp³-hybridized carbons (Fsp3) is 0.619. The normalized spacial score (nSPS) is 26.3. The van der Waals surface area contributed by atoms with Crippen LogP contribution < -0.4 is 5.32 Å². The van der Waals surface area contributed by atoms with Gasteiger partial charge in [0, 0.05) is 6.04 Å². The van der Waals surface area contributed by atoms with Gasteiger partial charge >= 0.3 is 0 Å². The van der Waals surface area contributed by atoms with Gasteiger partial charge in [-0.2, -0.15) is 0 Å². The zero-order chi connectivity index (χ0) is 17.3. The standard InChI is InChI=1S/C21H28N2O2/c24-19-15-18(16-9-3-1-4-10-16)23(19)21(13-7-8-14-21)20(25)22-17-11-5-2-6-12-17/h1,3-4,9-10,17-18H,2,5-8,11-15H2,(H,22,25). The van der Waals surface area contributed by atoms with Crippen LogP contribution in [-0.2, 0) is 9.59 Å². The number of rotatable bonds is 4. The van der Waals surface area contributed by atoms with E-state index in [0.29, 0.717) is 12.5 Å². The number of carbonyl (C=O) groups excluding carboxylic acids is 2. The molecule has 0 aromatic heterocycles. The summed E-state index contributed by atoms with van der Waals surface area (Å²) in [6, 6.07) is 10.5. The Morgan fingerprint density at radius 2 is 1.68 bits per heavy atom. The van der Waals surface area contributed by atoms with Crippen molar-refractivity contribution in [1.82, 2.24) is 10.2 Å². The zero-order valence-corrected chi connectivity index (χ0v) is 14.9. The van der Waals surface area contributed by atoms with Gasteiger partial charge in [0.1, 0.15) is 5.54 Å². The molecule has 2 saturated carbocycles. The average Bonchev–Trinajstić information content (AvgIpc) is 3.11. The van der Waals surface area contributed by atoms with Crippen molar-refractivity contribution >= 4 is 11.8 Å². The molecule has 1 heterocycles. The summed E-state index contributed by atoms with van der Waals surface area (Å²) >= 11 is 0. The Morgan fingerprint density at radius 1 is 1.00 bits per heavy atom. The molecule has 1 saturated heterocycles. The van der Waals surface area contributed by atoms with Crippen LogP contribution in [-0.4, -0.2) is 28.3 Å². The van der Waals surface area contributed by atoms with Crippen LogP contribution in [0.15, 0.2) is 30.3 Å². The van der Waals surface area contributed by atoms with Gasteiger partial charge in [-0.1, -0.05) is 62.4 Å². The highest BCUT2D eigenvalue weighted by Crippen LogP contribution is 2.47. The van der Waals surface area contributed by atoms with Gasteiger partial charge in [-0.05, 0) is 31.2 Å². The molecule has 3 fully saturated rings. The second-order valence-corrected chi connectivity index (χ2v) is 7.94. The van der Waals surface area contributed by atoms with E-state index in [4.69, 9.17) is 0 Å². The summed E-state index contributed by atoms with van der Waals surface area (Å²) in [7, 11) is 0. The summed E-state index contributed by atoms with van der Waals surface area (Å²) in [5, 5.41) is 3.31. The van der Waals surface area contributed by atoms with E-state index >= 15 is 0 Å². The van der Waals surface area contributed by atoms with E-state index in [1.54, 1.807) is 0 Å². The van der Waals surface area contributed by atoms with E-state index in [0.717, 1.165) is 44.1 Å².